The van der Waals surface area contributed by atoms with E-state index in [4.69, 9.17) is 4.74 Å². The molecule has 0 spiro atoms. The lowest BCUT2D eigenvalue weighted by molar-refractivity contribution is -0.138. The minimum Gasteiger partial charge on any atom is -0.463 e. The van der Waals surface area contributed by atoms with Crippen LogP contribution >= 0.6 is 0 Å². The van der Waals surface area contributed by atoms with Crippen LogP contribution in [0.1, 0.15) is 18.1 Å². The van der Waals surface area contributed by atoms with Gasteiger partial charge in [-0.2, -0.15) is 13.2 Å². The molecule has 0 fully saturated rings. The Morgan fingerprint density at radius 1 is 1.23 bits per heavy atom. The molecule has 0 atom stereocenters. The summed E-state index contributed by atoms with van der Waals surface area (Å²) in [5.74, 6) is -0.271. The number of carbonyl (C=O) groups excluding carboxylic acids is 1. The summed E-state index contributed by atoms with van der Waals surface area (Å²) in [4.78, 5) is 17.2. The average Bonchev–Trinajstić information content (AvgIpc) is 2.59. The number of anilines is 1. The van der Waals surface area contributed by atoms with Crippen molar-refractivity contribution in [1.82, 2.24) is 4.98 Å². The smallest absolute Gasteiger partial charge is 0.416 e. The van der Waals surface area contributed by atoms with E-state index < -0.39 is 17.7 Å². The zero-order valence-corrected chi connectivity index (χ0v) is 14.7. The normalized spacial score (nSPS) is 11.6. The number of nitrogens with zero attached hydrogens (tertiary/aromatic N) is 2. The van der Waals surface area contributed by atoms with Crippen molar-refractivity contribution < 1.29 is 22.7 Å². The van der Waals surface area contributed by atoms with Gasteiger partial charge in [0, 0.05) is 25.7 Å². The summed E-state index contributed by atoms with van der Waals surface area (Å²) in [6, 6.07) is 8.79. The lowest BCUT2D eigenvalue weighted by atomic mass is 10.1. The van der Waals surface area contributed by atoms with Crippen molar-refractivity contribution >= 4 is 17.9 Å². The van der Waals surface area contributed by atoms with E-state index >= 15 is 0 Å². The molecular weight excluding hydrogens is 345 g/mol. The van der Waals surface area contributed by atoms with Crippen molar-refractivity contribution in [3.8, 4) is 11.3 Å². The van der Waals surface area contributed by atoms with Gasteiger partial charge in [-0.05, 0) is 36.8 Å². The Kier molecular flexibility index (Phi) is 6.02. The molecular formula is C19H19F3N2O2. The first kappa shape index (κ1) is 19.5. The summed E-state index contributed by atoms with van der Waals surface area (Å²) < 4.78 is 44.3. The van der Waals surface area contributed by atoms with Crippen molar-refractivity contribution in [2.24, 2.45) is 0 Å². The average molecular weight is 364 g/mol. The number of esters is 1. The molecule has 2 aromatic rings. The first-order chi connectivity index (χ1) is 12.2. The first-order valence-electron chi connectivity index (χ1n) is 7.92. The van der Waals surface area contributed by atoms with Crippen LogP contribution in [0.5, 0.6) is 0 Å². The molecule has 138 valence electrons. The number of hydrogen-bond donors (Lipinski definition) is 0. The third kappa shape index (κ3) is 5.08. The van der Waals surface area contributed by atoms with Gasteiger partial charge in [-0.15, -0.1) is 0 Å². The van der Waals surface area contributed by atoms with Gasteiger partial charge in [0.1, 0.15) is 5.82 Å². The van der Waals surface area contributed by atoms with Crippen LogP contribution in [0.3, 0.4) is 0 Å². The third-order valence-corrected chi connectivity index (χ3v) is 3.48. The maximum atomic E-state index is 13.2. The van der Waals surface area contributed by atoms with Gasteiger partial charge in [0.05, 0.1) is 17.9 Å². The van der Waals surface area contributed by atoms with E-state index in [9.17, 15) is 18.0 Å². The predicted molar refractivity (Wildman–Crippen MR) is 94.7 cm³/mol. The molecule has 0 bridgehead atoms. The molecule has 0 unspecified atom stereocenters. The molecule has 0 saturated heterocycles. The van der Waals surface area contributed by atoms with Crippen LogP contribution in [0.4, 0.5) is 19.0 Å². The summed E-state index contributed by atoms with van der Waals surface area (Å²) in [5.41, 5.74) is 0.611. The molecule has 1 aromatic heterocycles. The Hall–Kier alpha value is -2.83. The van der Waals surface area contributed by atoms with E-state index in [0.717, 1.165) is 12.1 Å². The number of carbonyl (C=O) groups is 1. The number of aromatic nitrogens is 1. The van der Waals surface area contributed by atoms with Gasteiger partial charge in [0.2, 0.25) is 0 Å². The molecule has 0 amide bonds. The molecule has 1 heterocycles. The zero-order valence-electron chi connectivity index (χ0n) is 14.7. The Bertz CT molecular complexity index is 815. The Morgan fingerprint density at radius 2 is 1.96 bits per heavy atom. The minimum absolute atomic E-state index is 0.204. The number of ether oxygens (including phenoxy) is 1. The highest BCUT2D eigenvalue weighted by molar-refractivity contribution is 5.87. The molecule has 4 nitrogen and oxygen atoms in total. The van der Waals surface area contributed by atoms with Crippen molar-refractivity contribution in [2.75, 3.05) is 25.6 Å². The van der Waals surface area contributed by atoms with E-state index in [1.54, 1.807) is 51.4 Å². The van der Waals surface area contributed by atoms with Crippen LogP contribution in [0, 0.1) is 0 Å². The fraction of sp³-hybridized carbons (Fsp3) is 0.263. The Morgan fingerprint density at radius 3 is 2.58 bits per heavy atom. The van der Waals surface area contributed by atoms with E-state index in [0.29, 0.717) is 11.1 Å². The van der Waals surface area contributed by atoms with Crippen LogP contribution in [0.2, 0.25) is 0 Å². The fourth-order valence-corrected chi connectivity index (χ4v) is 2.21. The number of hydrogen-bond acceptors (Lipinski definition) is 4. The van der Waals surface area contributed by atoms with Gasteiger partial charge in [-0.25, -0.2) is 9.78 Å². The van der Waals surface area contributed by atoms with Crippen LogP contribution < -0.4 is 4.90 Å². The topological polar surface area (TPSA) is 42.4 Å². The number of rotatable bonds is 5. The molecule has 7 heteroatoms. The second-order valence-corrected chi connectivity index (χ2v) is 5.70. The SMILES string of the molecule is CCOC(=O)C=Cc1cccc(-c2cc(C(F)(F)F)cc(N(C)C)n2)c1. The highest BCUT2D eigenvalue weighted by atomic mass is 19.4. The molecule has 0 radical (unpaired) electrons. The van der Waals surface area contributed by atoms with E-state index in [2.05, 4.69) is 4.98 Å². The fourth-order valence-electron chi connectivity index (χ4n) is 2.21. The zero-order chi connectivity index (χ0) is 19.3. The van der Waals surface area contributed by atoms with Crippen molar-refractivity contribution in [3.05, 3.63) is 53.6 Å². The van der Waals surface area contributed by atoms with Crippen LogP contribution in [0.15, 0.2) is 42.5 Å². The Balaban J connectivity index is 2.43. The molecule has 0 N–H and O–H groups in total. The van der Waals surface area contributed by atoms with Crippen LogP contribution in [0.25, 0.3) is 17.3 Å². The molecule has 0 aliphatic carbocycles. The van der Waals surface area contributed by atoms with Gasteiger partial charge in [0.15, 0.2) is 0 Å². The van der Waals surface area contributed by atoms with Crippen LogP contribution in [-0.2, 0) is 15.7 Å². The first-order valence-corrected chi connectivity index (χ1v) is 7.92. The van der Waals surface area contributed by atoms with Gasteiger partial charge < -0.3 is 9.64 Å². The van der Waals surface area contributed by atoms with E-state index in [1.807, 2.05) is 0 Å². The highest BCUT2D eigenvalue weighted by Crippen LogP contribution is 2.34. The standard InChI is InChI=1S/C19H19F3N2O2/c1-4-26-18(25)9-8-13-6-5-7-14(10-13)16-11-15(19(20,21)22)12-17(23-16)24(2)3/h5-12H,4H2,1-3H3. The van der Waals surface area contributed by atoms with Crippen molar-refractivity contribution in [1.29, 1.82) is 0 Å². The monoisotopic (exact) mass is 364 g/mol. The molecule has 2 rings (SSSR count). The number of halogens is 3. The number of alkyl halides is 3. The van der Waals surface area contributed by atoms with Crippen molar-refractivity contribution in [2.45, 2.75) is 13.1 Å². The van der Waals surface area contributed by atoms with Gasteiger partial charge >= 0.3 is 12.1 Å². The Labute approximate surface area is 149 Å². The summed E-state index contributed by atoms with van der Waals surface area (Å²) in [7, 11) is 3.26. The second-order valence-electron chi connectivity index (χ2n) is 5.70. The summed E-state index contributed by atoms with van der Waals surface area (Å²) >= 11 is 0. The van der Waals surface area contributed by atoms with Gasteiger partial charge in [-0.1, -0.05) is 18.2 Å². The van der Waals surface area contributed by atoms with E-state index in [-0.39, 0.29) is 18.1 Å². The lowest BCUT2D eigenvalue weighted by Gasteiger charge is -2.16. The predicted octanol–water partition coefficient (Wildman–Crippen LogP) is 4.41. The summed E-state index contributed by atoms with van der Waals surface area (Å²) in [5, 5.41) is 0. The van der Waals surface area contributed by atoms with Gasteiger partial charge in [-0.3, -0.25) is 0 Å². The van der Waals surface area contributed by atoms with Gasteiger partial charge in [0.25, 0.3) is 0 Å². The van der Waals surface area contributed by atoms with Crippen molar-refractivity contribution in [3.63, 3.8) is 0 Å². The third-order valence-electron chi connectivity index (χ3n) is 3.48. The second kappa shape index (κ2) is 8.03. The molecule has 1 aromatic carbocycles. The summed E-state index contributed by atoms with van der Waals surface area (Å²) in [6.07, 6.45) is -1.65. The minimum atomic E-state index is -4.47. The lowest BCUT2D eigenvalue weighted by Crippen LogP contribution is -2.14. The number of benzene rings is 1. The molecule has 26 heavy (non-hydrogen) atoms. The van der Waals surface area contributed by atoms with E-state index in [1.165, 1.54) is 11.0 Å². The molecule has 0 saturated carbocycles. The van der Waals surface area contributed by atoms with Crippen LogP contribution in [-0.4, -0.2) is 31.7 Å². The maximum absolute atomic E-state index is 13.2. The maximum Gasteiger partial charge on any atom is 0.416 e. The molecule has 0 aliphatic rings. The highest BCUT2D eigenvalue weighted by Gasteiger charge is 2.32. The largest absolute Gasteiger partial charge is 0.463 e. The quantitative estimate of drug-likeness (QED) is 0.582. The number of pyridine rings is 1. The molecule has 0 aliphatic heterocycles. The summed E-state index contributed by atoms with van der Waals surface area (Å²) in [6.45, 7) is 1.97.